The maximum atomic E-state index is 11.3. The highest BCUT2D eigenvalue weighted by Crippen LogP contribution is 2.40. The summed E-state index contributed by atoms with van der Waals surface area (Å²) in [6.07, 6.45) is 10.9. The van der Waals surface area contributed by atoms with Gasteiger partial charge in [0.25, 0.3) is 0 Å². The van der Waals surface area contributed by atoms with Crippen molar-refractivity contribution < 1.29 is 9.90 Å². The highest BCUT2D eigenvalue weighted by atomic mass is 16.4. The van der Waals surface area contributed by atoms with Crippen LogP contribution in [0.25, 0.3) is 0 Å². The van der Waals surface area contributed by atoms with Crippen molar-refractivity contribution >= 4 is 5.97 Å². The van der Waals surface area contributed by atoms with Crippen molar-refractivity contribution in [1.29, 1.82) is 0 Å². The predicted octanol–water partition coefficient (Wildman–Crippen LogP) is 4.17. The van der Waals surface area contributed by atoms with E-state index in [-0.39, 0.29) is 5.41 Å². The number of carboxylic acids is 1. The molecule has 1 fully saturated rings. The summed E-state index contributed by atoms with van der Waals surface area (Å²) in [5.41, 5.74) is -0.355. The first-order chi connectivity index (χ1) is 8.94. The van der Waals surface area contributed by atoms with Crippen LogP contribution in [0.15, 0.2) is 0 Å². The zero-order valence-corrected chi connectivity index (χ0v) is 13.4. The van der Waals surface area contributed by atoms with Crippen LogP contribution < -0.4 is 0 Å². The minimum Gasteiger partial charge on any atom is -0.481 e. The van der Waals surface area contributed by atoms with E-state index in [1.54, 1.807) is 0 Å². The van der Waals surface area contributed by atoms with E-state index in [0.29, 0.717) is 0 Å². The van der Waals surface area contributed by atoms with Gasteiger partial charge >= 0.3 is 5.97 Å². The number of hydrogen-bond acceptors (Lipinski definition) is 2. The zero-order valence-electron chi connectivity index (χ0n) is 13.4. The number of hydrogen-bond donors (Lipinski definition) is 1. The van der Waals surface area contributed by atoms with E-state index in [0.717, 1.165) is 38.5 Å². The minimum atomic E-state index is -0.543. The maximum Gasteiger partial charge on any atom is 0.309 e. The topological polar surface area (TPSA) is 40.5 Å². The zero-order chi connectivity index (χ0) is 14.7. The summed E-state index contributed by atoms with van der Waals surface area (Å²) in [4.78, 5) is 13.3. The first-order valence-electron chi connectivity index (χ1n) is 7.79. The fraction of sp³-hybridized carbons (Fsp3) is 0.938. The van der Waals surface area contributed by atoms with Gasteiger partial charge < -0.3 is 10.0 Å². The van der Waals surface area contributed by atoms with E-state index in [4.69, 9.17) is 0 Å². The Morgan fingerprint density at radius 2 is 1.58 bits per heavy atom. The van der Waals surface area contributed by atoms with Crippen molar-refractivity contribution in [2.45, 2.75) is 71.1 Å². The quantitative estimate of drug-likeness (QED) is 0.737. The first-order valence-corrected chi connectivity index (χ1v) is 7.79. The molecule has 0 aliphatic heterocycles. The van der Waals surface area contributed by atoms with Crippen LogP contribution in [-0.2, 0) is 4.79 Å². The molecule has 19 heavy (non-hydrogen) atoms. The van der Waals surface area contributed by atoms with Crippen LogP contribution in [0, 0.1) is 5.41 Å². The van der Waals surface area contributed by atoms with Gasteiger partial charge in [-0.3, -0.25) is 4.79 Å². The lowest BCUT2D eigenvalue weighted by molar-refractivity contribution is -0.151. The Balaban J connectivity index is 0.000000711. The second-order valence-corrected chi connectivity index (χ2v) is 6.30. The molecule has 0 aromatic rings. The summed E-state index contributed by atoms with van der Waals surface area (Å²) in [6.45, 7) is 2.19. The van der Waals surface area contributed by atoms with Crippen molar-refractivity contribution in [2.24, 2.45) is 5.41 Å². The van der Waals surface area contributed by atoms with Gasteiger partial charge in [-0.2, -0.15) is 0 Å². The number of unbranched alkanes of at least 4 members (excludes halogenated alkanes) is 3. The summed E-state index contributed by atoms with van der Waals surface area (Å²) in [5.74, 6) is -0.543. The van der Waals surface area contributed by atoms with Crippen molar-refractivity contribution in [3.05, 3.63) is 0 Å². The molecular formula is C16H33NO2. The fourth-order valence-corrected chi connectivity index (χ4v) is 2.69. The van der Waals surface area contributed by atoms with Crippen molar-refractivity contribution in [2.75, 3.05) is 21.1 Å². The lowest BCUT2D eigenvalue weighted by atomic mass is 9.71. The van der Waals surface area contributed by atoms with Crippen LogP contribution in [0.4, 0.5) is 0 Å². The molecule has 0 bridgehead atoms. The molecule has 0 unspecified atom stereocenters. The van der Waals surface area contributed by atoms with Gasteiger partial charge in [0.1, 0.15) is 0 Å². The Bertz CT molecular complexity index is 230. The average molecular weight is 271 g/mol. The van der Waals surface area contributed by atoms with Crippen molar-refractivity contribution in [3.8, 4) is 0 Å². The number of rotatable bonds is 6. The molecule has 0 spiro atoms. The van der Waals surface area contributed by atoms with E-state index in [2.05, 4.69) is 6.92 Å². The molecule has 0 amide bonds. The Hall–Kier alpha value is -0.570. The molecule has 3 heteroatoms. The maximum absolute atomic E-state index is 11.3. The van der Waals surface area contributed by atoms with E-state index in [9.17, 15) is 9.90 Å². The van der Waals surface area contributed by atoms with Gasteiger partial charge in [0, 0.05) is 0 Å². The Morgan fingerprint density at radius 3 is 2.00 bits per heavy atom. The molecule has 1 saturated carbocycles. The number of aliphatic carboxylic acids is 1. The highest BCUT2D eigenvalue weighted by Gasteiger charge is 2.38. The van der Waals surface area contributed by atoms with Crippen LogP contribution in [0.5, 0.6) is 0 Å². The van der Waals surface area contributed by atoms with Crippen LogP contribution in [0.3, 0.4) is 0 Å². The summed E-state index contributed by atoms with van der Waals surface area (Å²) in [6, 6.07) is 0. The third-order valence-corrected chi connectivity index (χ3v) is 3.77. The lowest BCUT2D eigenvalue weighted by Crippen LogP contribution is -2.33. The number of carboxylic acid groups (broad SMARTS) is 1. The summed E-state index contributed by atoms with van der Waals surface area (Å²) >= 11 is 0. The molecule has 1 N–H and O–H groups in total. The minimum absolute atomic E-state index is 0.355. The van der Waals surface area contributed by atoms with Gasteiger partial charge in [0.15, 0.2) is 0 Å². The SMILES string of the molecule is CCCCCCC1(C(=O)O)CCCCC1.CN(C)C. The molecule has 1 aliphatic carbocycles. The van der Waals surface area contributed by atoms with E-state index < -0.39 is 5.97 Å². The van der Waals surface area contributed by atoms with Crippen LogP contribution in [0.2, 0.25) is 0 Å². The first kappa shape index (κ1) is 18.4. The fourth-order valence-electron chi connectivity index (χ4n) is 2.69. The molecule has 114 valence electrons. The van der Waals surface area contributed by atoms with E-state index >= 15 is 0 Å². The largest absolute Gasteiger partial charge is 0.481 e. The lowest BCUT2D eigenvalue weighted by Gasteiger charge is -2.33. The standard InChI is InChI=1S/C13H24O2.C3H9N/c1-2-3-4-6-9-13(12(14)15)10-7-5-8-11-13;1-4(2)3/h2-11H2,1H3,(H,14,15);1-3H3. The molecule has 3 nitrogen and oxygen atoms in total. The highest BCUT2D eigenvalue weighted by molar-refractivity contribution is 5.74. The molecule has 0 heterocycles. The van der Waals surface area contributed by atoms with Gasteiger partial charge in [0.2, 0.25) is 0 Å². The smallest absolute Gasteiger partial charge is 0.309 e. The third-order valence-electron chi connectivity index (χ3n) is 3.77. The van der Waals surface area contributed by atoms with Crippen molar-refractivity contribution in [3.63, 3.8) is 0 Å². The third kappa shape index (κ3) is 8.25. The average Bonchev–Trinajstić information content (AvgIpc) is 2.35. The Morgan fingerprint density at radius 1 is 1.05 bits per heavy atom. The molecule has 0 radical (unpaired) electrons. The monoisotopic (exact) mass is 271 g/mol. The molecule has 0 atom stereocenters. The van der Waals surface area contributed by atoms with Gasteiger partial charge in [-0.1, -0.05) is 51.9 Å². The summed E-state index contributed by atoms with van der Waals surface area (Å²) in [5, 5.41) is 9.35. The summed E-state index contributed by atoms with van der Waals surface area (Å²) in [7, 11) is 6.00. The van der Waals surface area contributed by atoms with Crippen LogP contribution in [-0.4, -0.2) is 37.1 Å². The number of carbonyl (C=O) groups is 1. The normalized spacial score (nSPS) is 17.7. The second kappa shape index (κ2) is 10.2. The second-order valence-electron chi connectivity index (χ2n) is 6.30. The van der Waals surface area contributed by atoms with Crippen LogP contribution in [0.1, 0.15) is 71.1 Å². The molecule has 0 saturated heterocycles. The molecular weight excluding hydrogens is 238 g/mol. The molecule has 1 aliphatic rings. The van der Waals surface area contributed by atoms with Gasteiger partial charge in [-0.05, 0) is 40.4 Å². The Kier molecular flexibility index (Phi) is 9.94. The number of nitrogens with zero attached hydrogens (tertiary/aromatic N) is 1. The predicted molar refractivity (Wildman–Crippen MR) is 81.5 cm³/mol. The molecule has 1 rings (SSSR count). The van der Waals surface area contributed by atoms with E-state index in [1.165, 1.54) is 25.7 Å². The molecule has 0 aromatic carbocycles. The van der Waals surface area contributed by atoms with Crippen molar-refractivity contribution in [1.82, 2.24) is 4.90 Å². The Labute approximate surface area is 119 Å². The van der Waals surface area contributed by atoms with E-state index in [1.807, 2.05) is 26.0 Å². The van der Waals surface area contributed by atoms with Gasteiger partial charge in [-0.15, -0.1) is 0 Å². The van der Waals surface area contributed by atoms with Crippen LogP contribution >= 0.6 is 0 Å². The molecule has 0 aromatic heterocycles. The van der Waals surface area contributed by atoms with Gasteiger partial charge in [0.05, 0.1) is 5.41 Å². The van der Waals surface area contributed by atoms with Gasteiger partial charge in [-0.25, -0.2) is 0 Å². The summed E-state index contributed by atoms with van der Waals surface area (Å²) < 4.78 is 0.